The van der Waals surface area contributed by atoms with Crippen LogP contribution in [0.4, 0.5) is 5.69 Å². The maximum atomic E-state index is 14.4. The average Bonchev–Trinajstić information content (AvgIpc) is 3.13. The number of aliphatic hydroxyl groups excluding tert-OH is 1. The van der Waals surface area contributed by atoms with E-state index in [-0.39, 0.29) is 52.2 Å². The van der Waals surface area contributed by atoms with E-state index < -0.39 is 0 Å². The standard InChI is InChI=1S/C33H48N2O3/c1-30(2,3)34-28(37)21-35(23-10-8-7-9-11-23)29(38)27-16-19-32(5)26-13-12-22-20-24(36)14-17-31(22,4)25(26)15-18-33(27,32)6/h7-12,24-27,36H,13-21H2,1-6H3,(H,34,37)/t24-,25?,26?,27+,31-,32-,33+/m0/s1. The van der Waals surface area contributed by atoms with Gasteiger partial charge in [-0.25, -0.2) is 0 Å². The monoisotopic (exact) mass is 520 g/mol. The minimum absolute atomic E-state index is 0.0436. The number of carbonyl (C=O) groups excluding carboxylic acids is 2. The summed E-state index contributed by atoms with van der Waals surface area (Å²) in [6.07, 6.45) is 10.2. The summed E-state index contributed by atoms with van der Waals surface area (Å²) >= 11 is 0. The lowest BCUT2D eigenvalue weighted by atomic mass is 9.42. The minimum Gasteiger partial charge on any atom is -0.393 e. The van der Waals surface area contributed by atoms with Crippen molar-refractivity contribution in [2.75, 3.05) is 11.4 Å². The van der Waals surface area contributed by atoms with Crippen molar-refractivity contribution in [3.05, 3.63) is 42.0 Å². The summed E-state index contributed by atoms with van der Waals surface area (Å²) in [7, 11) is 0. The highest BCUT2D eigenvalue weighted by Crippen LogP contribution is 2.71. The first-order valence-corrected chi connectivity index (χ1v) is 14.8. The molecule has 5 nitrogen and oxygen atoms in total. The Morgan fingerprint density at radius 3 is 2.34 bits per heavy atom. The van der Waals surface area contributed by atoms with Crippen molar-refractivity contribution in [2.24, 2.45) is 34.0 Å². The molecule has 0 aliphatic heterocycles. The van der Waals surface area contributed by atoms with Gasteiger partial charge in [0.1, 0.15) is 6.54 Å². The highest BCUT2D eigenvalue weighted by molar-refractivity contribution is 6.00. The van der Waals surface area contributed by atoms with Crippen LogP contribution in [0.3, 0.4) is 0 Å². The zero-order valence-corrected chi connectivity index (χ0v) is 24.3. The molecule has 2 N–H and O–H groups in total. The van der Waals surface area contributed by atoms with Crippen molar-refractivity contribution < 1.29 is 14.7 Å². The zero-order valence-electron chi connectivity index (χ0n) is 24.3. The molecule has 4 aliphatic rings. The molecule has 7 atom stereocenters. The number of amides is 2. The van der Waals surface area contributed by atoms with Crippen LogP contribution in [0.1, 0.15) is 92.9 Å². The van der Waals surface area contributed by atoms with Gasteiger partial charge in [-0.1, -0.05) is 50.6 Å². The van der Waals surface area contributed by atoms with E-state index in [1.165, 1.54) is 5.57 Å². The molecule has 1 aromatic carbocycles. The van der Waals surface area contributed by atoms with Gasteiger partial charge in [0.2, 0.25) is 11.8 Å². The molecule has 0 aromatic heterocycles. The van der Waals surface area contributed by atoms with Crippen molar-refractivity contribution in [1.29, 1.82) is 0 Å². The minimum atomic E-state index is -0.350. The van der Waals surface area contributed by atoms with Crippen molar-refractivity contribution in [1.82, 2.24) is 5.32 Å². The zero-order chi connectivity index (χ0) is 27.5. The first-order valence-electron chi connectivity index (χ1n) is 14.8. The summed E-state index contributed by atoms with van der Waals surface area (Å²) < 4.78 is 0. The molecule has 3 saturated carbocycles. The molecule has 4 aliphatic carbocycles. The molecule has 0 bridgehead atoms. The van der Waals surface area contributed by atoms with Crippen LogP contribution in [0.5, 0.6) is 0 Å². The van der Waals surface area contributed by atoms with Crippen molar-refractivity contribution in [3.8, 4) is 0 Å². The summed E-state index contributed by atoms with van der Waals surface area (Å²) in [5.41, 5.74) is 2.08. The third kappa shape index (κ3) is 4.43. The van der Waals surface area contributed by atoms with Gasteiger partial charge in [0.05, 0.1) is 6.10 Å². The Morgan fingerprint density at radius 2 is 1.66 bits per heavy atom. The Balaban J connectivity index is 1.44. The predicted molar refractivity (Wildman–Crippen MR) is 153 cm³/mol. The van der Waals surface area contributed by atoms with Crippen LogP contribution >= 0.6 is 0 Å². The van der Waals surface area contributed by atoms with Crippen LogP contribution in [0, 0.1) is 34.0 Å². The van der Waals surface area contributed by atoms with Gasteiger partial charge in [-0.05, 0) is 112 Å². The topological polar surface area (TPSA) is 69.6 Å². The molecule has 3 fully saturated rings. The molecule has 38 heavy (non-hydrogen) atoms. The van der Waals surface area contributed by atoms with Gasteiger partial charge < -0.3 is 15.3 Å². The number of hydrogen-bond acceptors (Lipinski definition) is 3. The summed E-state index contributed by atoms with van der Waals surface area (Å²) in [6.45, 7) is 13.3. The highest BCUT2D eigenvalue weighted by Gasteiger charge is 2.66. The first-order chi connectivity index (χ1) is 17.8. The number of hydrogen-bond donors (Lipinski definition) is 2. The van der Waals surface area contributed by atoms with E-state index in [2.05, 4.69) is 32.2 Å². The second-order valence-electron chi connectivity index (χ2n) is 14.5. The second-order valence-corrected chi connectivity index (χ2v) is 14.5. The number of para-hydroxylation sites is 1. The number of benzene rings is 1. The Morgan fingerprint density at radius 1 is 0.974 bits per heavy atom. The third-order valence-corrected chi connectivity index (χ3v) is 11.4. The van der Waals surface area contributed by atoms with E-state index in [1.807, 2.05) is 51.1 Å². The van der Waals surface area contributed by atoms with E-state index in [0.29, 0.717) is 11.8 Å². The van der Waals surface area contributed by atoms with Crippen LogP contribution in [0.25, 0.3) is 0 Å². The number of aliphatic hydroxyl groups is 1. The molecule has 5 heteroatoms. The third-order valence-electron chi connectivity index (χ3n) is 11.4. The van der Waals surface area contributed by atoms with Gasteiger partial charge in [0.15, 0.2) is 0 Å². The molecule has 2 unspecified atom stereocenters. The van der Waals surface area contributed by atoms with Gasteiger partial charge in [-0.3, -0.25) is 9.59 Å². The fourth-order valence-electron chi connectivity index (χ4n) is 9.12. The molecule has 208 valence electrons. The molecular formula is C33H48N2O3. The number of allylic oxidation sites excluding steroid dienone is 1. The van der Waals surface area contributed by atoms with Gasteiger partial charge in [-0.15, -0.1) is 0 Å². The number of nitrogens with zero attached hydrogens (tertiary/aromatic N) is 1. The van der Waals surface area contributed by atoms with Gasteiger partial charge in [0.25, 0.3) is 0 Å². The SMILES string of the molecule is CC(C)(C)NC(=O)CN(C(=O)[C@H]1CC[C@@]2(C)C3CC=C4C[C@@H](O)CC[C@]4(C)C3CC[C@]12C)c1ccccc1. The molecule has 0 heterocycles. The largest absolute Gasteiger partial charge is 0.393 e. The maximum Gasteiger partial charge on any atom is 0.240 e. The van der Waals surface area contributed by atoms with Crippen LogP contribution in [0.15, 0.2) is 42.0 Å². The summed E-state index contributed by atoms with van der Waals surface area (Å²) in [4.78, 5) is 29.2. The quantitative estimate of drug-likeness (QED) is 0.460. The molecule has 5 rings (SSSR count). The molecule has 0 saturated heterocycles. The Bertz CT molecular complexity index is 1110. The normalized spacial score (nSPS) is 38.3. The maximum absolute atomic E-state index is 14.4. The Hall–Kier alpha value is -2.14. The summed E-state index contributed by atoms with van der Waals surface area (Å²) in [5, 5.41) is 13.4. The number of anilines is 1. The van der Waals surface area contributed by atoms with E-state index in [1.54, 1.807) is 4.90 Å². The van der Waals surface area contributed by atoms with E-state index >= 15 is 0 Å². The molecule has 2 amide bonds. The van der Waals surface area contributed by atoms with Gasteiger partial charge in [-0.2, -0.15) is 0 Å². The van der Waals surface area contributed by atoms with Crippen molar-refractivity contribution >= 4 is 17.5 Å². The average molecular weight is 521 g/mol. The number of nitrogens with one attached hydrogen (secondary N) is 1. The van der Waals surface area contributed by atoms with Crippen LogP contribution in [-0.4, -0.2) is 35.1 Å². The second kappa shape index (κ2) is 9.50. The number of fused-ring (bicyclic) bond motifs is 5. The Kier molecular flexibility index (Phi) is 6.86. The van der Waals surface area contributed by atoms with Crippen LogP contribution in [-0.2, 0) is 9.59 Å². The summed E-state index contributed by atoms with van der Waals surface area (Å²) in [5.74, 6) is 1.05. The van der Waals surface area contributed by atoms with Crippen molar-refractivity contribution in [3.63, 3.8) is 0 Å². The van der Waals surface area contributed by atoms with E-state index in [0.717, 1.165) is 57.1 Å². The number of carbonyl (C=O) groups is 2. The lowest BCUT2D eigenvalue weighted by Crippen LogP contribution is -2.57. The van der Waals surface area contributed by atoms with Gasteiger partial charge in [0, 0.05) is 17.1 Å². The Labute approximate surface area is 229 Å². The van der Waals surface area contributed by atoms with E-state index in [4.69, 9.17) is 0 Å². The fraction of sp³-hybridized carbons (Fsp3) is 0.697. The first kappa shape index (κ1) is 27.4. The van der Waals surface area contributed by atoms with E-state index in [9.17, 15) is 14.7 Å². The van der Waals surface area contributed by atoms with Crippen LogP contribution < -0.4 is 10.2 Å². The van der Waals surface area contributed by atoms with Gasteiger partial charge >= 0.3 is 0 Å². The lowest BCUT2D eigenvalue weighted by molar-refractivity contribution is -0.139. The van der Waals surface area contributed by atoms with Crippen LogP contribution in [0.2, 0.25) is 0 Å². The fourth-order valence-corrected chi connectivity index (χ4v) is 9.12. The summed E-state index contributed by atoms with van der Waals surface area (Å²) in [6, 6.07) is 9.72. The molecule has 1 aromatic rings. The lowest BCUT2D eigenvalue weighted by Gasteiger charge is -2.62. The van der Waals surface area contributed by atoms with Crippen molar-refractivity contribution in [2.45, 2.75) is 105 Å². The predicted octanol–water partition coefficient (Wildman–Crippen LogP) is 6.26. The number of rotatable bonds is 4. The smallest absolute Gasteiger partial charge is 0.240 e. The molecule has 0 radical (unpaired) electrons. The highest BCUT2D eigenvalue weighted by atomic mass is 16.3. The molecular weight excluding hydrogens is 472 g/mol. The molecule has 0 spiro atoms.